The molecule has 1 aliphatic heterocycles. The molecule has 0 spiro atoms. The molecular weight excluding hydrogens is 356 g/mol. The molecule has 2 amide bonds. The van der Waals surface area contributed by atoms with E-state index in [2.05, 4.69) is 5.32 Å². The maximum atomic E-state index is 13.3. The van der Waals surface area contributed by atoms with Gasteiger partial charge in [-0.3, -0.25) is 9.59 Å². The zero-order chi connectivity index (χ0) is 19.0. The molecule has 0 fully saturated rings. The first kappa shape index (κ1) is 17.2. The normalized spacial score (nSPS) is 14.2. The smallest absolute Gasteiger partial charge is 0.282 e. The highest BCUT2D eigenvalue weighted by Gasteiger charge is 2.41. The fourth-order valence-electron chi connectivity index (χ4n) is 3.24. The van der Waals surface area contributed by atoms with Crippen LogP contribution in [0.3, 0.4) is 0 Å². The van der Waals surface area contributed by atoms with E-state index < -0.39 is 0 Å². The molecule has 0 aliphatic carbocycles. The third-order valence-corrected chi connectivity index (χ3v) is 5.38. The molecule has 1 N–H and O–H groups in total. The summed E-state index contributed by atoms with van der Waals surface area (Å²) in [5.74, 6) is -0.632. The van der Waals surface area contributed by atoms with Gasteiger partial charge in [0.15, 0.2) is 0 Å². The van der Waals surface area contributed by atoms with Gasteiger partial charge in [0.25, 0.3) is 11.8 Å². The van der Waals surface area contributed by atoms with Crippen LogP contribution in [0.4, 0.5) is 11.4 Å². The summed E-state index contributed by atoms with van der Waals surface area (Å²) in [5.41, 5.74) is 4.10. The molecule has 0 radical (unpaired) electrons. The van der Waals surface area contributed by atoms with E-state index in [9.17, 15) is 9.59 Å². The van der Waals surface area contributed by atoms with Gasteiger partial charge >= 0.3 is 0 Å². The average Bonchev–Trinajstić information content (AvgIpc) is 3.25. The average molecular weight is 374 g/mol. The second-order valence-electron chi connectivity index (χ2n) is 6.45. The van der Waals surface area contributed by atoms with Crippen molar-refractivity contribution in [3.63, 3.8) is 0 Å². The molecule has 0 unspecified atom stereocenters. The molecule has 0 saturated heterocycles. The molecule has 2 aromatic carbocycles. The van der Waals surface area contributed by atoms with E-state index in [1.54, 1.807) is 0 Å². The van der Waals surface area contributed by atoms with Gasteiger partial charge in [0.05, 0.1) is 11.3 Å². The lowest BCUT2D eigenvalue weighted by atomic mass is 10.1. The molecule has 3 aromatic rings. The Balaban J connectivity index is 1.82. The summed E-state index contributed by atoms with van der Waals surface area (Å²) < 4.78 is 0. The molecule has 4 nitrogen and oxygen atoms in total. The molecule has 0 bridgehead atoms. The summed E-state index contributed by atoms with van der Waals surface area (Å²) in [7, 11) is 0. The first-order valence-electron chi connectivity index (χ1n) is 8.62. The van der Waals surface area contributed by atoms with Crippen LogP contribution in [-0.2, 0) is 9.59 Å². The van der Waals surface area contributed by atoms with Crippen molar-refractivity contribution < 1.29 is 9.59 Å². The van der Waals surface area contributed by atoms with Crippen LogP contribution in [-0.4, -0.2) is 11.8 Å². The maximum absolute atomic E-state index is 13.3. The number of rotatable bonds is 4. The van der Waals surface area contributed by atoms with Gasteiger partial charge in [0.1, 0.15) is 5.70 Å². The minimum atomic E-state index is -0.334. The minimum Gasteiger partial charge on any atom is -0.350 e. The Kier molecular flexibility index (Phi) is 4.38. The molecule has 2 heterocycles. The van der Waals surface area contributed by atoms with Gasteiger partial charge in [0, 0.05) is 10.6 Å². The van der Waals surface area contributed by atoms with Gasteiger partial charge in [-0.1, -0.05) is 42.0 Å². The van der Waals surface area contributed by atoms with Crippen LogP contribution in [0.5, 0.6) is 0 Å². The molecule has 0 atom stereocenters. The van der Waals surface area contributed by atoms with Gasteiger partial charge in [-0.25, -0.2) is 4.90 Å². The number of imide groups is 1. The van der Waals surface area contributed by atoms with Crippen molar-refractivity contribution in [3.8, 4) is 0 Å². The minimum absolute atomic E-state index is 0.298. The Morgan fingerprint density at radius 1 is 0.889 bits per heavy atom. The van der Waals surface area contributed by atoms with Gasteiger partial charge in [-0.2, -0.15) is 0 Å². The van der Waals surface area contributed by atoms with Crippen LogP contribution in [0.1, 0.15) is 16.0 Å². The predicted octanol–water partition coefficient (Wildman–Crippen LogP) is 4.76. The van der Waals surface area contributed by atoms with Crippen LogP contribution in [0, 0.1) is 13.8 Å². The van der Waals surface area contributed by atoms with Crippen molar-refractivity contribution in [2.45, 2.75) is 13.8 Å². The number of nitrogens with one attached hydrogen (secondary N) is 1. The Labute approximate surface area is 161 Å². The Hall–Kier alpha value is -3.18. The summed E-state index contributed by atoms with van der Waals surface area (Å²) in [6, 6.07) is 18.9. The summed E-state index contributed by atoms with van der Waals surface area (Å²) in [4.78, 5) is 28.6. The molecule has 134 valence electrons. The number of carbonyl (C=O) groups is 2. The van der Waals surface area contributed by atoms with Gasteiger partial charge in [-0.05, 0) is 49.1 Å². The number of aryl methyl sites for hydroxylation is 2. The molecule has 5 heteroatoms. The van der Waals surface area contributed by atoms with Crippen LogP contribution < -0.4 is 10.2 Å². The lowest BCUT2D eigenvalue weighted by Gasteiger charge is -2.18. The number of carbonyl (C=O) groups excluding carboxylic acids is 2. The summed E-state index contributed by atoms with van der Waals surface area (Å²) in [6.45, 7) is 3.90. The van der Waals surface area contributed by atoms with Crippen LogP contribution in [0.25, 0.3) is 5.57 Å². The summed E-state index contributed by atoms with van der Waals surface area (Å²) in [6.07, 6.45) is 0. The van der Waals surface area contributed by atoms with E-state index in [0.717, 1.165) is 21.7 Å². The Morgan fingerprint density at radius 2 is 1.67 bits per heavy atom. The van der Waals surface area contributed by atoms with Crippen molar-refractivity contribution in [3.05, 3.63) is 87.7 Å². The fourth-order valence-corrected chi connectivity index (χ4v) is 4.00. The van der Waals surface area contributed by atoms with E-state index >= 15 is 0 Å². The SMILES string of the molecule is Cc1ccc(N2C(=O)C(Nc3ccccc3)=C(c3cccs3)C2=O)c(C)c1. The van der Waals surface area contributed by atoms with Crippen molar-refractivity contribution in [2.24, 2.45) is 0 Å². The fraction of sp³-hybridized carbons (Fsp3) is 0.0909. The standard InChI is InChI=1S/C22H18N2O2S/c1-14-10-11-17(15(2)13-14)24-21(25)19(18-9-6-12-27-18)20(22(24)26)23-16-7-4-3-5-8-16/h3-13,23H,1-2H3. The number of amides is 2. The number of thiophene rings is 1. The molecule has 4 rings (SSSR count). The van der Waals surface area contributed by atoms with E-state index in [0.29, 0.717) is 17.0 Å². The van der Waals surface area contributed by atoms with Crippen molar-refractivity contribution >= 4 is 40.1 Å². The Bertz CT molecular complexity index is 1050. The highest BCUT2D eigenvalue weighted by molar-refractivity contribution is 7.11. The molecule has 0 saturated carbocycles. The number of nitrogens with zero attached hydrogens (tertiary/aromatic N) is 1. The Morgan fingerprint density at radius 3 is 2.33 bits per heavy atom. The summed E-state index contributed by atoms with van der Waals surface area (Å²) >= 11 is 1.45. The van der Waals surface area contributed by atoms with E-state index in [1.165, 1.54) is 16.2 Å². The molecular formula is C22H18N2O2S. The number of para-hydroxylation sites is 1. The zero-order valence-electron chi connectivity index (χ0n) is 15.0. The highest BCUT2D eigenvalue weighted by Crippen LogP contribution is 2.36. The van der Waals surface area contributed by atoms with E-state index in [-0.39, 0.29) is 11.8 Å². The first-order valence-corrected chi connectivity index (χ1v) is 9.50. The van der Waals surface area contributed by atoms with Crippen molar-refractivity contribution in [1.82, 2.24) is 0 Å². The zero-order valence-corrected chi connectivity index (χ0v) is 15.8. The number of anilines is 2. The second-order valence-corrected chi connectivity index (χ2v) is 7.40. The lowest BCUT2D eigenvalue weighted by Crippen LogP contribution is -2.33. The monoisotopic (exact) mass is 374 g/mol. The maximum Gasteiger partial charge on any atom is 0.282 e. The molecule has 1 aromatic heterocycles. The van der Waals surface area contributed by atoms with E-state index in [4.69, 9.17) is 0 Å². The molecule has 1 aliphatic rings. The second kappa shape index (κ2) is 6.85. The van der Waals surface area contributed by atoms with Gasteiger partial charge < -0.3 is 5.32 Å². The van der Waals surface area contributed by atoms with Gasteiger partial charge in [-0.15, -0.1) is 11.3 Å². The van der Waals surface area contributed by atoms with Gasteiger partial charge in [0.2, 0.25) is 0 Å². The first-order chi connectivity index (χ1) is 13.1. The van der Waals surface area contributed by atoms with Crippen LogP contribution in [0.15, 0.2) is 71.7 Å². The third-order valence-electron chi connectivity index (χ3n) is 4.49. The van der Waals surface area contributed by atoms with Crippen LogP contribution >= 0.6 is 11.3 Å². The number of hydrogen-bond donors (Lipinski definition) is 1. The van der Waals surface area contributed by atoms with E-state index in [1.807, 2.05) is 79.9 Å². The lowest BCUT2D eigenvalue weighted by molar-refractivity contribution is -0.120. The number of hydrogen-bond acceptors (Lipinski definition) is 4. The van der Waals surface area contributed by atoms with Crippen molar-refractivity contribution in [2.75, 3.05) is 10.2 Å². The number of benzene rings is 2. The third kappa shape index (κ3) is 3.06. The topological polar surface area (TPSA) is 49.4 Å². The van der Waals surface area contributed by atoms with Crippen molar-refractivity contribution in [1.29, 1.82) is 0 Å². The largest absolute Gasteiger partial charge is 0.350 e. The quantitative estimate of drug-likeness (QED) is 0.670. The predicted molar refractivity (Wildman–Crippen MR) is 110 cm³/mol. The highest BCUT2D eigenvalue weighted by atomic mass is 32.1. The molecule has 27 heavy (non-hydrogen) atoms. The summed E-state index contributed by atoms with van der Waals surface area (Å²) in [5, 5.41) is 5.07. The van der Waals surface area contributed by atoms with Crippen LogP contribution in [0.2, 0.25) is 0 Å².